The second-order valence-corrected chi connectivity index (χ2v) is 5.64. The number of hydrogen-bond donors (Lipinski definition) is 4. The van der Waals surface area contributed by atoms with Crippen LogP contribution >= 0.6 is 0 Å². The van der Waals surface area contributed by atoms with Crippen LogP contribution in [0.25, 0.3) is 0 Å². The van der Waals surface area contributed by atoms with E-state index in [0.717, 1.165) is 9.80 Å². The van der Waals surface area contributed by atoms with Crippen molar-refractivity contribution >= 4 is 29.8 Å². The Balaban J connectivity index is 0. The molecule has 0 aliphatic carbocycles. The van der Waals surface area contributed by atoms with E-state index in [-0.39, 0.29) is 55.7 Å². The number of carboxylic acid groups (broad SMARTS) is 5. The normalized spacial score (nSPS) is 10.7. The zero-order valence-electron chi connectivity index (χ0n) is 15.4. The van der Waals surface area contributed by atoms with E-state index in [2.05, 4.69) is 0 Å². The van der Waals surface area contributed by atoms with Crippen molar-refractivity contribution in [3.63, 3.8) is 0 Å². The standard InChI is InChI=1S/C14H23N3O10.Na/c18-10(19)5-15(1-3-16(6-11(20)21)7-12(22)23)2-4-17(8-13(24)25)9-14(26)27;/h1-9H2,(H,18,19)(H,20,21)(H,22,23)(H,24,25)(H,26,27);/q;+1/p-1. The third-order valence-electron chi connectivity index (χ3n) is 3.25. The van der Waals surface area contributed by atoms with Crippen molar-refractivity contribution in [1.29, 1.82) is 0 Å². The van der Waals surface area contributed by atoms with Crippen LogP contribution < -0.4 is 34.7 Å². The van der Waals surface area contributed by atoms with Gasteiger partial charge >= 0.3 is 53.4 Å². The molecule has 0 unspecified atom stereocenters. The molecule has 0 spiro atoms. The SMILES string of the molecule is O=C([O-])CN(CCN(CC(=O)O)CC(=O)O)CCN(CC(=O)O)CC(=O)O.[Na+]. The van der Waals surface area contributed by atoms with Crippen LogP contribution in [0.2, 0.25) is 0 Å². The summed E-state index contributed by atoms with van der Waals surface area (Å²) in [6, 6.07) is 0. The third kappa shape index (κ3) is 16.4. The van der Waals surface area contributed by atoms with Crippen LogP contribution in [0.5, 0.6) is 0 Å². The van der Waals surface area contributed by atoms with Crippen molar-refractivity contribution in [1.82, 2.24) is 14.7 Å². The van der Waals surface area contributed by atoms with Gasteiger partial charge in [0.2, 0.25) is 0 Å². The Bertz CT molecular complexity index is 487. The first-order valence-electron chi connectivity index (χ1n) is 7.73. The molecule has 28 heavy (non-hydrogen) atoms. The van der Waals surface area contributed by atoms with Gasteiger partial charge in [-0.1, -0.05) is 0 Å². The van der Waals surface area contributed by atoms with E-state index in [1.165, 1.54) is 4.90 Å². The molecule has 0 heterocycles. The molecule has 0 aromatic rings. The Morgan fingerprint density at radius 2 is 0.786 bits per heavy atom. The van der Waals surface area contributed by atoms with E-state index in [9.17, 15) is 29.1 Å². The van der Waals surface area contributed by atoms with E-state index in [0.29, 0.717) is 0 Å². The van der Waals surface area contributed by atoms with Gasteiger partial charge < -0.3 is 30.3 Å². The topological polar surface area (TPSA) is 199 Å². The van der Waals surface area contributed by atoms with E-state index in [4.69, 9.17) is 20.4 Å². The van der Waals surface area contributed by atoms with Crippen LogP contribution in [0.4, 0.5) is 0 Å². The van der Waals surface area contributed by atoms with Crippen LogP contribution in [0.15, 0.2) is 0 Å². The van der Waals surface area contributed by atoms with E-state index in [1.54, 1.807) is 0 Å². The summed E-state index contributed by atoms with van der Waals surface area (Å²) >= 11 is 0. The second-order valence-electron chi connectivity index (χ2n) is 5.64. The van der Waals surface area contributed by atoms with E-state index < -0.39 is 62.6 Å². The molecule has 0 aromatic carbocycles. The Morgan fingerprint density at radius 3 is 1.00 bits per heavy atom. The van der Waals surface area contributed by atoms with Crippen LogP contribution in [-0.2, 0) is 24.0 Å². The molecule has 0 amide bonds. The van der Waals surface area contributed by atoms with Gasteiger partial charge in [0, 0.05) is 32.7 Å². The molecule has 0 radical (unpaired) electrons. The second kappa shape index (κ2) is 15.2. The first-order valence-corrected chi connectivity index (χ1v) is 7.73. The van der Waals surface area contributed by atoms with Crippen molar-refractivity contribution in [2.24, 2.45) is 0 Å². The maximum atomic E-state index is 10.9. The van der Waals surface area contributed by atoms with E-state index in [1.807, 2.05) is 0 Å². The summed E-state index contributed by atoms with van der Waals surface area (Å²) in [6.07, 6.45) is 0. The summed E-state index contributed by atoms with van der Waals surface area (Å²) in [7, 11) is 0. The Hall–Kier alpha value is -1.77. The van der Waals surface area contributed by atoms with Crippen molar-refractivity contribution in [2.45, 2.75) is 0 Å². The van der Waals surface area contributed by atoms with Gasteiger partial charge in [-0.25, -0.2) is 0 Å². The number of rotatable bonds is 16. The van der Waals surface area contributed by atoms with Crippen LogP contribution in [0, 0.1) is 0 Å². The fraction of sp³-hybridized carbons (Fsp3) is 0.643. The largest absolute Gasteiger partial charge is 1.00 e. The molecule has 0 aliphatic heterocycles. The number of carboxylic acids is 5. The first-order chi connectivity index (χ1) is 12.5. The molecule has 0 rings (SSSR count). The summed E-state index contributed by atoms with van der Waals surface area (Å²) in [5.74, 6) is -6.46. The number of hydrogen-bond acceptors (Lipinski definition) is 9. The van der Waals surface area contributed by atoms with Gasteiger partial charge in [0.25, 0.3) is 0 Å². The van der Waals surface area contributed by atoms with E-state index >= 15 is 0 Å². The minimum absolute atomic E-state index is 0. The number of carbonyl (C=O) groups is 5. The van der Waals surface area contributed by atoms with Crippen molar-refractivity contribution in [3.8, 4) is 0 Å². The Morgan fingerprint density at radius 1 is 0.536 bits per heavy atom. The fourth-order valence-electron chi connectivity index (χ4n) is 2.21. The summed E-state index contributed by atoms with van der Waals surface area (Å²) in [5, 5.41) is 46.0. The molecule has 0 bridgehead atoms. The molecule has 0 atom stereocenters. The van der Waals surface area contributed by atoms with Gasteiger partial charge in [0.05, 0.1) is 32.1 Å². The third-order valence-corrected chi connectivity index (χ3v) is 3.25. The number of nitrogens with zero attached hydrogens (tertiary/aromatic N) is 3. The fourth-order valence-corrected chi connectivity index (χ4v) is 2.21. The first kappa shape index (κ1) is 28.4. The molecule has 0 saturated heterocycles. The van der Waals surface area contributed by atoms with Crippen molar-refractivity contribution in [2.75, 3.05) is 58.9 Å². The molecule has 13 nitrogen and oxygen atoms in total. The van der Waals surface area contributed by atoms with Crippen LogP contribution in [0.3, 0.4) is 0 Å². The van der Waals surface area contributed by atoms with Gasteiger partial charge in [-0.3, -0.25) is 33.9 Å². The summed E-state index contributed by atoms with van der Waals surface area (Å²) in [4.78, 5) is 57.4. The molecule has 0 saturated carbocycles. The zero-order valence-corrected chi connectivity index (χ0v) is 17.4. The maximum Gasteiger partial charge on any atom is 1.00 e. The summed E-state index contributed by atoms with van der Waals surface area (Å²) in [5.41, 5.74) is 0. The van der Waals surface area contributed by atoms with Crippen LogP contribution in [0.1, 0.15) is 0 Å². The molecule has 4 N–H and O–H groups in total. The van der Waals surface area contributed by atoms with Crippen LogP contribution in [-0.4, -0.2) is 124 Å². The minimum atomic E-state index is -1.44. The van der Waals surface area contributed by atoms with Gasteiger partial charge in [-0.15, -0.1) is 0 Å². The average Bonchev–Trinajstić information content (AvgIpc) is 2.46. The maximum absolute atomic E-state index is 10.9. The van der Waals surface area contributed by atoms with Gasteiger partial charge in [0.15, 0.2) is 0 Å². The Kier molecular flexibility index (Phi) is 15.4. The number of carbonyl (C=O) groups excluding carboxylic acids is 1. The molecule has 154 valence electrons. The predicted molar refractivity (Wildman–Crippen MR) is 84.9 cm³/mol. The van der Waals surface area contributed by atoms with Gasteiger partial charge in [0.1, 0.15) is 0 Å². The Labute approximate surface area is 182 Å². The average molecular weight is 415 g/mol. The molecule has 0 aliphatic rings. The van der Waals surface area contributed by atoms with Crippen molar-refractivity contribution < 1.29 is 79.1 Å². The number of aliphatic carboxylic acids is 5. The predicted octanol–water partition coefficient (Wildman–Crippen LogP) is -7.02. The molecule has 14 heteroatoms. The zero-order chi connectivity index (χ0) is 21.0. The molecular weight excluding hydrogens is 393 g/mol. The van der Waals surface area contributed by atoms with Gasteiger partial charge in [-0.05, 0) is 0 Å². The smallest absolute Gasteiger partial charge is 0.549 e. The quantitative estimate of drug-likeness (QED) is 0.174. The van der Waals surface area contributed by atoms with Crippen molar-refractivity contribution in [3.05, 3.63) is 0 Å². The minimum Gasteiger partial charge on any atom is -0.549 e. The molecule has 0 aromatic heterocycles. The monoisotopic (exact) mass is 415 g/mol. The molecular formula is C14H22N3NaO10. The van der Waals surface area contributed by atoms with Gasteiger partial charge in [-0.2, -0.15) is 0 Å². The summed E-state index contributed by atoms with van der Waals surface area (Å²) < 4.78 is 0. The molecule has 0 fully saturated rings. The summed E-state index contributed by atoms with van der Waals surface area (Å²) in [6.45, 7) is -3.04.